The summed E-state index contributed by atoms with van der Waals surface area (Å²) in [7, 11) is 0. The molecule has 5 nitrogen and oxygen atoms in total. The van der Waals surface area contributed by atoms with Gasteiger partial charge in [0, 0.05) is 5.92 Å². The number of amides is 1. The highest BCUT2D eigenvalue weighted by Gasteiger charge is 2.24. The fourth-order valence-corrected chi connectivity index (χ4v) is 2.82. The Hall–Kier alpha value is -1.88. The van der Waals surface area contributed by atoms with Crippen LogP contribution in [-0.4, -0.2) is 25.0 Å². The maximum absolute atomic E-state index is 11.7. The van der Waals surface area contributed by atoms with Crippen LogP contribution in [0.5, 0.6) is 0 Å². The molecule has 0 atom stereocenters. The highest BCUT2D eigenvalue weighted by molar-refractivity contribution is 5.76. The fraction of sp³-hybridized carbons (Fsp3) is 0.529. The van der Waals surface area contributed by atoms with Crippen LogP contribution < -0.4 is 11.1 Å². The molecule has 2 rings (SSSR count). The lowest BCUT2D eigenvalue weighted by Crippen LogP contribution is -2.33. The second-order valence-corrected chi connectivity index (χ2v) is 5.90. The predicted molar refractivity (Wildman–Crippen MR) is 83.8 cm³/mol. The van der Waals surface area contributed by atoms with Crippen LogP contribution in [0.2, 0.25) is 0 Å². The van der Waals surface area contributed by atoms with E-state index in [2.05, 4.69) is 5.32 Å². The highest BCUT2D eigenvalue weighted by Crippen LogP contribution is 2.27. The van der Waals surface area contributed by atoms with Gasteiger partial charge in [-0.2, -0.15) is 0 Å². The van der Waals surface area contributed by atoms with E-state index >= 15 is 0 Å². The van der Waals surface area contributed by atoms with Gasteiger partial charge < -0.3 is 15.8 Å². The molecule has 0 aliphatic heterocycles. The van der Waals surface area contributed by atoms with Crippen molar-refractivity contribution in [2.75, 3.05) is 13.1 Å². The number of carbonyl (C=O) groups is 2. The quantitative estimate of drug-likeness (QED) is 0.750. The van der Waals surface area contributed by atoms with E-state index in [4.69, 9.17) is 10.5 Å². The summed E-state index contributed by atoms with van der Waals surface area (Å²) in [5, 5.41) is 3.14. The van der Waals surface area contributed by atoms with Gasteiger partial charge in [0.15, 0.2) is 0 Å². The Kier molecular flexibility index (Phi) is 6.40. The van der Waals surface area contributed by atoms with E-state index in [-0.39, 0.29) is 24.3 Å². The molecule has 1 fully saturated rings. The van der Waals surface area contributed by atoms with Crippen LogP contribution in [0.25, 0.3) is 0 Å². The van der Waals surface area contributed by atoms with Gasteiger partial charge in [0.2, 0.25) is 5.91 Å². The summed E-state index contributed by atoms with van der Waals surface area (Å²) in [6, 6.07) is 9.63. The first kappa shape index (κ1) is 16.5. The van der Waals surface area contributed by atoms with Gasteiger partial charge in [0.05, 0.1) is 6.54 Å². The van der Waals surface area contributed by atoms with Crippen LogP contribution in [0, 0.1) is 11.8 Å². The minimum atomic E-state index is -0.241. The first-order chi connectivity index (χ1) is 10.6. The summed E-state index contributed by atoms with van der Waals surface area (Å²) in [5.41, 5.74) is 6.30. The van der Waals surface area contributed by atoms with Gasteiger partial charge in [-0.05, 0) is 43.7 Å². The third-order valence-corrected chi connectivity index (χ3v) is 4.19. The molecule has 5 heteroatoms. The Morgan fingerprint density at radius 2 is 1.82 bits per heavy atom. The lowest BCUT2D eigenvalue weighted by Gasteiger charge is -2.26. The molecule has 0 radical (unpaired) electrons. The van der Waals surface area contributed by atoms with E-state index < -0.39 is 0 Å². The van der Waals surface area contributed by atoms with Gasteiger partial charge in [-0.25, -0.2) is 0 Å². The fourth-order valence-electron chi connectivity index (χ4n) is 2.82. The Labute approximate surface area is 131 Å². The third kappa shape index (κ3) is 5.48. The average Bonchev–Trinajstić information content (AvgIpc) is 2.54. The van der Waals surface area contributed by atoms with Gasteiger partial charge in [-0.1, -0.05) is 30.3 Å². The van der Waals surface area contributed by atoms with E-state index in [1.807, 2.05) is 30.3 Å². The second-order valence-electron chi connectivity index (χ2n) is 5.90. The Balaban J connectivity index is 1.57. The summed E-state index contributed by atoms with van der Waals surface area (Å²) in [6.45, 7) is 1.32. The minimum absolute atomic E-state index is 0.0343. The number of esters is 1. The summed E-state index contributed by atoms with van der Waals surface area (Å²) in [6.07, 6.45) is 3.69. The van der Waals surface area contributed by atoms with Crippen molar-refractivity contribution in [3.63, 3.8) is 0 Å². The molecule has 22 heavy (non-hydrogen) atoms. The number of primary amides is 1. The number of nitrogens with two attached hydrogens (primary N) is 1. The predicted octanol–water partition coefficient (Wildman–Crippen LogP) is 1.61. The maximum Gasteiger partial charge on any atom is 0.320 e. The number of hydrogen-bond acceptors (Lipinski definition) is 4. The normalized spacial score (nSPS) is 21.3. The first-order valence-electron chi connectivity index (χ1n) is 7.84. The number of ether oxygens (including phenoxy) is 1. The minimum Gasteiger partial charge on any atom is -0.460 e. The molecule has 120 valence electrons. The largest absolute Gasteiger partial charge is 0.460 e. The van der Waals surface area contributed by atoms with Crippen molar-refractivity contribution in [2.24, 2.45) is 17.6 Å². The molecule has 1 aliphatic carbocycles. The summed E-state index contributed by atoms with van der Waals surface area (Å²) >= 11 is 0. The third-order valence-electron chi connectivity index (χ3n) is 4.19. The van der Waals surface area contributed by atoms with Crippen molar-refractivity contribution in [2.45, 2.75) is 32.3 Å². The van der Waals surface area contributed by atoms with Crippen LogP contribution in [-0.2, 0) is 20.9 Å². The summed E-state index contributed by atoms with van der Waals surface area (Å²) < 4.78 is 5.20. The maximum atomic E-state index is 11.7. The monoisotopic (exact) mass is 304 g/mol. The van der Waals surface area contributed by atoms with Crippen molar-refractivity contribution >= 4 is 11.9 Å². The van der Waals surface area contributed by atoms with Crippen molar-refractivity contribution in [1.82, 2.24) is 5.32 Å². The number of carbonyl (C=O) groups excluding carboxylic acids is 2. The molecule has 3 N–H and O–H groups in total. The molecule has 0 unspecified atom stereocenters. The number of nitrogens with one attached hydrogen (secondary N) is 1. The van der Waals surface area contributed by atoms with E-state index in [1.54, 1.807) is 0 Å². The van der Waals surface area contributed by atoms with Crippen LogP contribution in [0.15, 0.2) is 30.3 Å². The second kappa shape index (κ2) is 8.54. The molecular weight excluding hydrogens is 280 g/mol. The SMILES string of the molecule is NC(=O)[C@H]1CC[C@H](CNCC(=O)OCc2ccccc2)CC1. The highest BCUT2D eigenvalue weighted by atomic mass is 16.5. The van der Waals surface area contributed by atoms with Crippen LogP contribution >= 0.6 is 0 Å². The molecule has 0 saturated heterocycles. The number of hydrogen-bond donors (Lipinski definition) is 2. The lowest BCUT2D eigenvalue weighted by molar-refractivity contribution is -0.143. The number of rotatable bonds is 7. The van der Waals surface area contributed by atoms with Crippen LogP contribution in [0.4, 0.5) is 0 Å². The lowest BCUT2D eigenvalue weighted by atomic mass is 9.81. The van der Waals surface area contributed by atoms with Crippen molar-refractivity contribution in [3.05, 3.63) is 35.9 Å². The molecule has 0 spiro atoms. The van der Waals surface area contributed by atoms with Gasteiger partial charge in [0.1, 0.15) is 6.61 Å². The van der Waals surface area contributed by atoms with Gasteiger partial charge >= 0.3 is 5.97 Å². The molecule has 1 amide bonds. The Morgan fingerprint density at radius 1 is 1.14 bits per heavy atom. The Bertz CT molecular complexity index is 482. The molecule has 1 aromatic rings. The van der Waals surface area contributed by atoms with Gasteiger partial charge in [-0.3, -0.25) is 9.59 Å². The zero-order chi connectivity index (χ0) is 15.8. The van der Waals surface area contributed by atoms with Crippen molar-refractivity contribution in [1.29, 1.82) is 0 Å². The van der Waals surface area contributed by atoms with E-state index in [9.17, 15) is 9.59 Å². The number of benzene rings is 1. The van der Waals surface area contributed by atoms with Crippen molar-refractivity contribution < 1.29 is 14.3 Å². The zero-order valence-electron chi connectivity index (χ0n) is 12.8. The molecule has 0 bridgehead atoms. The molecular formula is C17H24N2O3. The molecule has 1 saturated carbocycles. The van der Waals surface area contributed by atoms with E-state index in [0.29, 0.717) is 12.5 Å². The average molecular weight is 304 g/mol. The standard InChI is InChI=1S/C17H24N2O3/c18-17(21)15-8-6-13(7-9-15)10-19-11-16(20)22-12-14-4-2-1-3-5-14/h1-5,13,15,19H,6-12H2,(H2,18,21)/t13-,15-. The molecule has 0 aromatic heterocycles. The topological polar surface area (TPSA) is 81.4 Å². The zero-order valence-corrected chi connectivity index (χ0v) is 12.8. The summed E-state index contributed by atoms with van der Waals surface area (Å²) in [5.74, 6) is 0.121. The first-order valence-corrected chi connectivity index (χ1v) is 7.84. The molecule has 1 aliphatic rings. The molecule has 0 heterocycles. The Morgan fingerprint density at radius 3 is 2.45 bits per heavy atom. The smallest absolute Gasteiger partial charge is 0.320 e. The van der Waals surface area contributed by atoms with Crippen LogP contribution in [0.3, 0.4) is 0 Å². The van der Waals surface area contributed by atoms with Crippen LogP contribution in [0.1, 0.15) is 31.2 Å². The van der Waals surface area contributed by atoms with Crippen molar-refractivity contribution in [3.8, 4) is 0 Å². The van der Waals surface area contributed by atoms with E-state index in [1.165, 1.54) is 0 Å². The van der Waals surface area contributed by atoms with Gasteiger partial charge in [0.25, 0.3) is 0 Å². The van der Waals surface area contributed by atoms with Gasteiger partial charge in [-0.15, -0.1) is 0 Å². The van der Waals surface area contributed by atoms with E-state index in [0.717, 1.165) is 37.8 Å². The summed E-state index contributed by atoms with van der Waals surface area (Å²) in [4.78, 5) is 22.8. The molecule has 1 aromatic carbocycles.